The van der Waals surface area contributed by atoms with Crippen molar-refractivity contribution in [2.24, 2.45) is 0 Å². The SMILES string of the molecule is N#Cc1ccc(CN2C[C@@H]3C[C@H]2C(=O)N2CCO[C@H](CN(Cc4ccc(F)c(F)c4)C[C@H]4O[C@@H](CC(=O)N3)[C@H](O)[C@@H]4O)C2)cc1. The largest absolute Gasteiger partial charge is 0.388 e. The van der Waals surface area contributed by atoms with E-state index in [1.54, 1.807) is 17.0 Å². The van der Waals surface area contributed by atoms with Crippen molar-refractivity contribution in [3.8, 4) is 6.07 Å². The van der Waals surface area contributed by atoms with Crippen LogP contribution in [-0.2, 0) is 32.2 Å². The maximum absolute atomic E-state index is 14.1. The molecule has 13 heteroatoms. The van der Waals surface area contributed by atoms with Gasteiger partial charge in [0.15, 0.2) is 11.6 Å². The molecule has 0 aromatic heterocycles. The summed E-state index contributed by atoms with van der Waals surface area (Å²) in [5.41, 5.74) is 1.96. The normalized spacial score (nSPS) is 31.5. The summed E-state index contributed by atoms with van der Waals surface area (Å²) in [5.74, 6) is -2.37. The highest BCUT2D eigenvalue weighted by Crippen LogP contribution is 2.28. The number of nitrogens with one attached hydrogen (secondary N) is 1. The van der Waals surface area contributed by atoms with Crippen LogP contribution in [0.3, 0.4) is 0 Å². The predicted octanol–water partition coefficient (Wildman–Crippen LogP) is 0.518. The minimum atomic E-state index is -1.30. The highest BCUT2D eigenvalue weighted by Gasteiger charge is 2.46. The molecule has 45 heavy (non-hydrogen) atoms. The molecule has 0 spiro atoms. The van der Waals surface area contributed by atoms with Crippen LogP contribution >= 0.6 is 0 Å². The first-order valence-corrected chi connectivity index (χ1v) is 15.3. The fourth-order valence-corrected chi connectivity index (χ4v) is 6.86. The number of aliphatic hydroxyl groups excluding tert-OH is 2. The fourth-order valence-electron chi connectivity index (χ4n) is 6.86. The monoisotopic (exact) mass is 625 g/mol. The van der Waals surface area contributed by atoms with Crippen LogP contribution in [0.15, 0.2) is 42.5 Å². The molecule has 0 radical (unpaired) electrons. The van der Waals surface area contributed by atoms with Gasteiger partial charge in [-0.1, -0.05) is 18.2 Å². The molecule has 11 nitrogen and oxygen atoms in total. The Morgan fingerprint density at radius 1 is 0.933 bits per heavy atom. The molecular formula is C32H37F2N5O6. The molecule has 4 saturated heterocycles. The lowest BCUT2D eigenvalue weighted by Crippen LogP contribution is -2.54. The third kappa shape index (κ3) is 7.17. The fraction of sp³-hybridized carbons (Fsp3) is 0.531. The molecule has 4 heterocycles. The maximum atomic E-state index is 14.1. The van der Waals surface area contributed by atoms with Gasteiger partial charge in [0.1, 0.15) is 12.2 Å². The zero-order valence-corrected chi connectivity index (χ0v) is 24.7. The van der Waals surface area contributed by atoms with Crippen LogP contribution in [-0.4, -0.2) is 119 Å². The minimum absolute atomic E-state index is 0.0674. The van der Waals surface area contributed by atoms with Crippen LogP contribution in [0.1, 0.15) is 29.5 Å². The third-order valence-corrected chi connectivity index (χ3v) is 9.11. The van der Waals surface area contributed by atoms with E-state index in [-0.39, 0.29) is 37.4 Å². The molecule has 0 saturated carbocycles. The van der Waals surface area contributed by atoms with Gasteiger partial charge < -0.3 is 29.9 Å². The molecule has 2 amide bonds. The molecule has 2 aromatic carbocycles. The Hall–Kier alpha value is -3.51. The molecule has 0 aliphatic carbocycles. The van der Waals surface area contributed by atoms with Gasteiger partial charge in [0.2, 0.25) is 11.8 Å². The van der Waals surface area contributed by atoms with E-state index < -0.39 is 48.2 Å². The van der Waals surface area contributed by atoms with E-state index in [0.29, 0.717) is 56.9 Å². The van der Waals surface area contributed by atoms with Gasteiger partial charge in [0.05, 0.1) is 49.0 Å². The first-order valence-electron chi connectivity index (χ1n) is 15.3. The van der Waals surface area contributed by atoms with Crippen molar-refractivity contribution < 1.29 is 38.1 Å². The summed E-state index contributed by atoms with van der Waals surface area (Å²) in [7, 11) is 0. The van der Waals surface area contributed by atoms with Gasteiger partial charge in [-0.15, -0.1) is 0 Å². The van der Waals surface area contributed by atoms with Gasteiger partial charge in [0.25, 0.3) is 0 Å². The number of amides is 2. The van der Waals surface area contributed by atoms with E-state index in [1.165, 1.54) is 6.07 Å². The van der Waals surface area contributed by atoms with Gasteiger partial charge in [-0.05, 0) is 41.8 Å². The summed E-state index contributed by atoms with van der Waals surface area (Å²) in [5, 5.41) is 33.8. The standard InChI is InChI=1S/C32H37F2N5O6/c33-24-6-5-21(9-25(24)34)13-37-16-23-17-38(7-8-44-23)32(43)26-10-22(15-39(26)14-20-3-1-19(12-35)2-4-20)36-29(40)11-27-30(41)31(42)28(18-37)45-27/h1-6,9,22-23,26-28,30-31,41-42H,7-8,10-11,13-18H2,(H,36,40)/t22-,23+,26-,27-,28+,30-,31+/m0/s1. The van der Waals surface area contributed by atoms with Gasteiger partial charge in [-0.2, -0.15) is 5.26 Å². The minimum Gasteiger partial charge on any atom is -0.388 e. The summed E-state index contributed by atoms with van der Waals surface area (Å²) in [6.07, 6.45) is -4.56. The lowest BCUT2D eigenvalue weighted by Gasteiger charge is -2.38. The number of benzene rings is 2. The van der Waals surface area contributed by atoms with Gasteiger partial charge in [-0.25, -0.2) is 8.78 Å². The van der Waals surface area contributed by atoms with Crippen molar-refractivity contribution >= 4 is 11.8 Å². The smallest absolute Gasteiger partial charge is 0.240 e. The molecule has 0 unspecified atom stereocenters. The lowest BCUT2D eigenvalue weighted by atomic mass is 10.0. The van der Waals surface area contributed by atoms with Gasteiger partial charge >= 0.3 is 0 Å². The Balaban J connectivity index is 1.26. The van der Waals surface area contributed by atoms with Crippen LogP contribution in [0.2, 0.25) is 0 Å². The van der Waals surface area contributed by atoms with E-state index >= 15 is 0 Å². The zero-order chi connectivity index (χ0) is 31.7. The van der Waals surface area contributed by atoms with Crippen molar-refractivity contribution in [2.75, 3.05) is 39.3 Å². The van der Waals surface area contributed by atoms with Gasteiger partial charge in [0, 0.05) is 51.9 Å². The molecule has 2 aromatic rings. The Bertz CT molecular complexity index is 1440. The van der Waals surface area contributed by atoms with Crippen LogP contribution in [0.5, 0.6) is 0 Å². The number of nitriles is 1. The summed E-state index contributed by atoms with van der Waals surface area (Å²) < 4.78 is 39.8. The molecule has 4 aliphatic heterocycles. The summed E-state index contributed by atoms with van der Waals surface area (Å²) >= 11 is 0. The summed E-state index contributed by atoms with van der Waals surface area (Å²) in [4.78, 5) is 32.8. The molecule has 4 fully saturated rings. The molecule has 3 N–H and O–H groups in total. The Labute approximate surface area is 259 Å². The number of hydrogen-bond acceptors (Lipinski definition) is 9. The number of aliphatic hydroxyl groups is 2. The van der Waals surface area contributed by atoms with E-state index in [9.17, 15) is 28.6 Å². The van der Waals surface area contributed by atoms with Crippen molar-refractivity contribution in [3.63, 3.8) is 0 Å². The quantitative estimate of drug-likeness (QED) is 0.444. The number of carbonyl (C=O) groups is 2. The molecule has 240 valence electrons. The van der Waals surface area contributed by atoms with Gasteiger partial charge in [-0.3, -0.25) is 19.4 Å². The van der Waals surface area contributed by atoms with E-state index in [1.807, 2.05) is 21.9 Å². The molecule has 4 aliphatic rings. The number of hydrogen-bond donors (Lipinski definition) is 3. The number of carbonyl (C=O) groups excluding carboxylic acids is 2. The highest BCUT2D eigenvalue weighted by molar-refractivity contribution is 5.83. The summed E-state index contributed by atoms with van der Waals surface area (Å²) in [6, 6.07) is 12.1. The molecule has 6 bridgehead atoms. The van der Waals surface area contributed by atoms with Crippen LogP contribution in [0.25, 0.3) is 0 Å². The number of likely N-dealkylation sites (tertiary alicyclic amines) is 1. The number of rotatable bonds is 4. The van der Waals surface area contributed by atoms with E-state index in [0.717, 1.165) is 17.7 Å². The average Bonchev–Trinajstić information content (AvgIpc) is 3.53. The van der Waals surface area contributed by atoms with Crippen molar-refractivity contribution in [3.05, 3.63) is 70.8 Å². The Morgan fingerprint density at radius 3 is 2.44 bits per heavy atom. The third-order valence-electron chi connectivity index (χ3n) is 9.11. The van der Waals surface area contributed by atoms with Crippen molar-refractivity contribution in [1.29, 1.82) is 5.26 Å². The van der Waals surface area contributed by atoms with Crippen LogP contribution in [0, 0.1) is 23.0 Å². The zero-order valence-electron chi connectivity index (χ0n) is 24.7. The summed E-state index contributed by atoms with van der Waals surface area (Å²) in [6.45, 7) is 2.45. The maximum Gasteiger partial charge on any atom is 0.240 e. The Morgan fingerprint density at radius 2 is 1.69 bits per heavy atom. The molecule has 7 atom stereocenters. The molecular weight excluding hydrogens is 588 g/mol. The lowest BCUT2D eigenvalue weighted by molar-refractivity contribution is -0.145. The topological polar surface area (TPSA) is 139 Å². The second kappa shape index (κ2) is 13.5. The second-order valence-electron chi connectivity index (χ2n) is 12.4. The number of halogens is 2. The first-order chi connectivity index (χ1) is 21.7. The van der Waals surface area contributed by atoms with Crippen LogP contribution in [0.4, 0.5) is 8.78 Å². The van der Waals surface area contributed by atoms with E-state index in [4.69, 9.17) is 14.7 Å². The number of nitrogens with zero attached hydrogens (tertiary/aromatic N) is 4. The number of fused-ring (bicyclic) bond motifs is 6. The van der Waals surface area contributed by atoms with Crippen molar-refractivity contribution in [2.45, 2.75) is 68.5 Å². The number of ether oxygens (including phenoxy) is 2. The van der Waals surface area contributed by atoms with E-state index in [2.05, 4.69) is 11.4 Å². The number of morpholine rings is 1. The highest BCUT2D eigenvalue weighted by atomic mass is 19.2. The van der Waals surface area contributed by atoms with Crippen molar-refractivity contribution in [1.82, 2.24) is 20.0 Å². The first kappa shape index (κ1) is 31.5. The molecule has 6 rings (SSSR count). The van der Waals surface area contributed by atoms with Crippen LogP contribution < -0.4 is 5.32 Å². The second-order valence-corrected chi connectivity index (χ2v) is 12.4. The predicted molar refractivity (Wildman–Crippen MR) is 155 cm³/mol. The Kier molecular flexibility index (Phi) is 9.41. The average molecular weight is 626 g/mol.